The van der Waals surface area contributed by atoms with E-state index >= 15 is 0 Å². The van der Waals surface area contributed by atoms with Gasteiger partial charge in [-0.25, -0.2) is 14.6 Å². The number of hydrogen-bond donors (Lipinski definition) is 3. The highest BCUT2D eigenvalue weighted by Gasteiger charge is 2.24. The minimum Gasteiger partial charge on any atom is -0.480 e. The molecule has 0 spiro atoms. The van der Waals surface area contributed by atoms with Crippen LogP contribution in [-0.2, 0) is 18.3 Å². The van der Waals surface area contributed by atoms with E-state index in [2.05, 4.69) is 25.7 Å². The van der Waals surface area contributed by atoms with Crippen LogP contribution in [0.15, 0.2) is 59.7 Å². The van der Waals surface area contributed by atoms with Crippen molar-refractivity contribution in [3.8, 4) is 28.3 Å². The van der Waals surface area contributed by atoms with Gasteiger partial charge in [0, 0.05) is 54.0 Å². The fraction of sp³-hybridized carbons (Fsp3) is 0.281. The molecule has 2 aromatic carbocycles. The van der Waals surface area contributed by atoms with E-state index in [0.717, 1.165) is 5.69 Å². The van der Waals surface area contributed by atoms with Gasteiger partial charge in [-0.05, 0) is 25.5 Å². The van der Waals surface area contributed by atoms with Crippen molar-refractivity contribution in [3.63, 3.8) is 0 Å². The maximum Gasteiger partial charge on any atom is 0.278 e. The second-order valence-electron chi connectivity index (χ2n) is 10.7. The molecule has 1 aliphatic heterocycles. The Bertz CT molecular complexity index is 1950. The molecule has 45 heavy (non-hydrogen) atoms. The van der Waals surface area contributed by atoms with E-state index in [1.54, 1.807) is 19.4 Å². The summed E-state index contributed by atoms with van der Waals surface area (Å²) >= 11 is 14.0. The van der Waals surface area contributed by atoms with Crippen molar-refractivity contribution in [2.75, 3.05) is 25.6 Å². The molecular weight excluding hydrogens is 617 g/mol. The van der Waals surface area contributed by atoms with Crippen molar-refractivity contribution < 1.29 is 14.6 Å². The Kier molecular flexibility index (Phi) is 8.97. The molecule has 0 amide bonds. The first kappa shape index (κ1) is 30.9. The van der Waals surface area contributed by atoms with Crippen molar-refractivity contribution in [1.29, 1.82) is 0 Å². The largest absolute Gasteiger partial charge is 0.480 e. The number of methoxy groups -OCH3 is 1. The fourth-order valence-electron chi connectivity index (χ4n) is 5.38. The third-order valence-electron chi connectivity index (χ3n) is 7.74. The van der Waals surface area contributed by atoms with Gasteiger partial charge in [0.25, 0.3) is 5.56 Å². The van der Waals surface area contributed by atoms with Crippen molar-refractivity contribution in [2.45, 2.75) is 32.0 Å². The lowest BCUT2D eigenvalue weighted by Gasteiger charge is -2.28. The smallest absolute Gasteiger partial charge is 0.278 e. The van der Waals surface area contributed by atoms with Gasteiger partial charge >= 0.3 is 0 Å². The summed E-state index contributed by atoms with van der Waals surface area (Å²) < 4.78 is 12.1. The van der Waals surface area contributed by atoms with Crippen LogP contribution in [0.4, 0.5) is 11.5 Å². The zero-order valence-corrected chi connectivity index (χ0v) is 26.4. The molecule has 3 aromatic heterocycles. The molecular formula is C32H31Cl2N7O4. The first-order valence-corrected chi connectivity index (χ1v) is 15.1. The lowest BCUT2D eigenvalue weighted by atomic mass is 10.0. The number of aryl methyl sites for hydroxylation is 2. The molecule has 0 aliphatic carbocycles. The zero-order chi connectivity index (χ0) is 31.7. The number of aliphatic hydroxyl groups excluding tert-OH is 1. The molecule has 1 saturated heterocycles. The van der Waals surface area contributed by atoms with Gasteiger partial charge in [0.05, 0.1) is 59.0 Å². The third kappa shape index (κ3) is 6.22. The Morgan fingerprint density at radius 3 is 2.62 bits per heavy atom. The summed E-state index contributed by atoms with van der Waals surface area (Å²) in [5.41, 5.74) is 4.15. The number of ether oxygens (including phenoxy) is 2. The maximum atomic E-state index is 13.0. The second kappa shape index (κ2) is 13.1. The van der Waals surface area contributed by atoms with E-state index in [-0.39, 0.29) is 11.6 Å². The predicted octanol–water partition coefficient (Wildman–Crippen LogP) is 5.06. The molecule has 13 heteroatoms. The highest BCUT2D eigenvalue weighted by atomic mass is 35.5. The molecule has 11 nitrogen and oxygen atoms in total. The fourth-order valence-corrected chi connectivity index (χ4v) is 5.98. The van der Waals surface area contributed by atoms with Crippen LogP contribution in [0.2, 0.25) is 10.0 Å². The summed E-state index contributed by atoms with van der Waals surface area (Å²) in [4.78, 5) is 26.9. The second-order valence-corrected chi connectivity index (χ2v) is 11.5. The van der Waals surface area contributed by atoms with Crippen molar-refractivity contribution in [1.82, 2.24) is 30.0 Å². The molecule has 6 rings (SSSR count). The van der Waals surface area contributed by atoms with Crippen LogP contribution < -0.4 is 20.9 Å². The Labute approximate surface area is 269 Å². The Balaban J connectivity index is 1.32. The van der Waals surface area contributed by atoms with E-state index in [1.165, 1.54) is 11.8 Å². The van der Waals surface area contributed by atoms with Crippen LogP contribution in [0.3, 0.4) is 0 Å². The normalized spacial score (nSPS) is 16.6. The lowest BCUT2D eigenvalue weighted by molar-refractivity contribution is -0.0281. The van der Waals surface area contributed by atoms with Crippen molar-refractivity contribution >= 4 is 45.5 Å². The summed E-state index contributed by atoms with van der Waals surface area (Å²) in [6.45, 7) is 3.11. The van der Waals surface area contributed by atoms with E-state index in [9.17, 15) is 9.90 Å². The summed E-state index contributed by atoms with van der Waals surface area (Å²) in [6, 6.07) is 12.8. The average molecular weight is 649 g/mol. The number of anilines is 2. The summed E-state index contributed by atoms with van der Waals surface area (Å²) in [6.07, 6.45) is 3.40. The number of hydrogen-bond acceptors (Lipinski definition) is 10. The van der Waals surface area contributed by atoms with Crippen LogP contribution in [0.25, 0.3) is 33.2 Å². The van der Waals surface area contributed by atoms with Gasteiger partial charge in [0.15, 0.2) is 0 Å². The highest BCUT2D eigenvalue weighted by molar-refractivity contribution is 6.39. The van der Waals surface area contributed by atoms with Crippen LogP contribution >= 0.6 is 23.2 Å². The molecule has 232 valence electrons. The molecule has 1 aliphatic rings. The first-order chi connectivity index (χ1) is 21.7. The molecule has 4 heterocycles. The monoisotopic (exact) mass is 647 g/mol. The minimum absolute atomic E-state index is 0.103. The van der Waals surface area contributed by atoms with Crippen LogP contribution in [0, 0.1) is 6.92 Å². The van der Waals surface area contributed by atoms with Gasteiger partial charge in [0.1, 0.15) is 11.5 Å². The van der Waals surface area contributed by atoms with Gasteiger partial charge in [-0.2, -0.15) is 5.10 Å². The molecule has 0 radical (unpaired) electrons. The number of nitrogens with zero attached hydrogens (tertiary/aromatic N) is 5. The number of nitrogens with one attached hydrogen (secondary N) is 2. The zero-order valence-electron chi connectivity index (χ0n) is 24.8. The van der Waals surface area contributed by atoms with Gasteiger partial charge in [-0.15, -0.1) is 0 Å². The number of fused-ring (bicyclic) bond motifs is 1. The first-order valence-electron chi connectivity index (χ1n) is 14.3. The number of halogens is 2. The number of benzene rings is 2. The SMILES string of the molecule is COc1nc(-c2cccc(-c3cccc(Nc4nc(C)cc5cnn(C)c(=O)c45)c3Cl)c2Cl)cnc1CN[C@H]1CCOC[C@H]1O. The van der Waals surface area contributed by atoms with E-state index in [0.29, 0.717) is 92.5 Å². The molecule has 0 saturated carbocycles. The Morgan fingerprint density at radius 1 is 1.09 bits per heavy atom. The maximum absolute atomic E-state index is 13.0. The number of aromatic nitrogens is 5. The van der Waals surface area contributed by atoms with E-state index in [1.807, 2.05) is 49.4 Å². The van der Waals surface area contributed by atoms with Crippen LogP contribution in [0.1, 0.15) is 17.8 Å². The van der Waals surface area contributed by atoms with E-state index in [4.69, 9.17) is 37.7 Å². The molecule has 5 aromatic rings. The topological polar surface area (TPSA) is 136 Å². The Morgan fingerprint density at radius 2 is 1.84 bits per heavy atom. The summed E-state index contributed by atoms with van der Waals surface area (Å²) in [7, 11) is 3.13. The van der Waals surface area contributed by atoms with Gasteiger partial charge in [0.2, 0.25) is 5.88 Å². The minimum atomic E-state index is -0.587. The highest BCUT2D eigenvalue weighted by Crippen LogP contribution is 2.42. The lowest BCUT2D eigenvalue weighted by Crippen LogP contribution is -2.46. The molecule has 3 N–H and O–H groups in total. The van der Waals surface area contributed by atoms with Gasteiger partial charge in [-0.1, -0.05) is 53.5 Å². The number of rotatable bonds is 8. The average Bonchev–Trinajstić information content (AvgIpc) is 3.03. The standard InChI is InChI=1S/C32H31Cl2N7O4/c1-17-12-18-13-37-41(2)32(43)27(18)30(38-17)39-23-9-5-7-20(29(23)34)19-6-4-8-21(28(19)33)24-14-36-25(31(40-24)44-3)15-35-22-10-11-45-16-26(22)42/h4-9,12-14,22,26,35,42H,10-11,15-16H2,1-3H3,(H,38,39)/t22-,26+/m0/s1. The molecule has 1 fully saturated rings. The molecule has 0 bridgehead atoms. The molecule has 2 atom stereocenters. The Hall–Kier alpha value is -4.13. The predicted molar refractivity (Wildman–Crippen MR) is 174 cm³/mol. The summed E-state index contributed by atoms with van der Waals surface area (Å²) in [5, 5.41) is 22.8. The van der Waals surface area contributed by atoms with Gasteiger partial charge < -0.3 is 25.2 Å². The number of pyridine rings is 1. The van der Waals surface area contributed by atoms with Crippen molar-refractivity contribution in [3.05, 3.63) is 86.6 Å². The van der Waals surface area contributed by atoms with E-state index < -0.39 is 6.10 Å². The number of aliphatic hydroxyl groups is 1. The quantitative estimate of drug-likeness (QED) is 0.210. The summed E-state index contributed by atoms with van der Waals surface area (Å²) in [5.74, 6) is 0.738. The third-order valence-corrected chi connectivity index (χ3v) is 8.55. The van der Waals surface area contributed by atoms with Crippen LogP contribution in [-0.4, -0.2) is 62.3 Å². The van der Waals surface area contributed by atoms with Gasteiger partial charge in [-0.3, -0.25) is 9.78 Å². The molecule has 0 unspecified atom stereocenters. The van der Waals surface area contributed by atoms with Crippen LogP contribution in [0.5, 0.6) is 5.88 Å². The van der Waals surface area contributed by atoms with Crippen molar-refractivity contribution in [2.24, 2.45) is 7.05 Å².